The van der Waals surface area contributed by atoms with E-state index in [1.54, 1.807) is 0 Å². The van der Waals surface area contributed by atoms with Crippen LogP contribution in [0.15, 0.2) is 36.4 Å². The number of ether oxygens (including phenoxy) is 1. The SMILES string of the molecule is CCN(CC)CCNCc1c(OCC(C)C)ccc2ccccc12. The van der Waals surface area contributed by atoms with Gasteiger partial charge in [-0.1, -0.05) is 58.0 Å². The van der Waals surface area contributed by atoms with E-state index in [4.69, 9.17) is 4.74 Å². The van der Waals surface area contributed by atoms with Gasteiger partial charge in [0, 0.05) is 25.2 Å². The van der Waals surface area contributed by atoms with Gasteiger partial charge in [0.15, 0.2) is 0 Å². The summed E-state index contributed by atoms with van der Waals surface area (Å²) in [4.78, 5) is 2.44. The van der Waals surface area contributed by atoms with E-state index in [9.17, 15) is 0 Å². The molecule has 0 spiro atoms. The molecule has 0 saturated carbocycles. The number of hydrogen-bond donors (Lipinski definition) is 1. The third-order valence-corrected chi connectivity index (χ3v) is 4.37. The van der Waals surface area contributed by atoms with Gasteiger partial charge in [0.1, 0.15) is 5.75 Å². The zero-order valence-corrected chi connectivity index (χ0v) is 15.6. The van der Waals surface area contributed by atoms with Gasteiger partial charge in [-0.15, -0.1) is 0 Å². The van der Waals surface area contributed by atoms with E-state index in [1.807, 2.05) is 0 Å². The highest BCUT2D eigenvalue weighted by Gasteiger charge is 2.09. The molecule has 3 nitrogen and oxygen atoms in total. The molecule has 2 aromatic rings. The van der Waals surface area contributed by atoms with E-state index < -0.39 is 0 Å². The van der Waals surface area contributed by atoms with Crippen molar-refractivity contribution in [2.45, 2.75) is 34.2 Å². The Bertz CT molecular complexity index is 620. The van der Waals surface area contributed by atoms with Crippen LogP contribution in [-0.2, 0) is 6.54 Å². The fourth-order valence-electron chi connectivity index (χ4n) is 2.88. The molecule has 2 rings (SSSR count). The van der Waals surface area contributed by atoms with Gasteiger partial charge in [-0.3, -0.25) is 0 Å². The Morgan fingerprint density at radius 1 is 1.04 bits per heavy atom. The lowest BCUT2D eigenvalue weighted by atomic mass is 10.0. The van der Waals surface area contributed by atoms with Crippen LogP contribution in [0.4, 0.5) is 0 Å². The molecule has 1 N–H and O–H groups in total. The average Bonchev–Trinajstić information content (AvgIpc) is 2.60. The van der Waals surface area contributed by atoms with Crippen molar-refractivity contribution in [3.05, 3.63) is 42.0 Å². The van der Waals surface area contributed by atoms with Crippen LogP contribution in [0.1, 0.15) is 33.3 Å². The zero-order valence-electron chi connectivity index (χ0n) is 15.6. The Kier molecular flexibility index (Phi) is 7.54. The van der Waals surface area contributed by atoms with Gasteiger partial charge in [-0.2, -0.15) is 0 Å². The summed E-state index contributed by atoms with van der Waals surface area (Å²) in [5.74, 6) is 1.54. The Hall–Kier alpha value is -1.58. The molecule has 0 saturated heterocycles. The lowest BCUT2D eigenvalue weighted by Gasteiger charge is -2.19. The maximum absolute atomic E-state index is 6.08. The second-order valence-corrected chi connectivity index (χ2v) is 6.67. The normalized spacial score (nSPS) is 11.6. The van der Waals surface area contributed by atoms with E-state index in [1.165, 1.54) is 16.3 Å². The second-order valence-electron chi connectivity index (χ2n) is 6.67. The summed E-state index contributed by atoms with van der Waals surface area (Å²) >= 11 is 0. The van der Waals surface area contributed by atoms with Gasteiger partial charge in [0.05, 0.1) is 6.61 Å². The van der Waals surface area contributed by atoms with Crippen molar-refractivity contribution in [2.24, 2.45) is 5.92 Å². The third kappa shape index (κ3) is 5.22. The van der Waals surface area contributed by atoms with Crippen LogP contribution in [0.25, 0.3) is 10.8 Å². The molecule has 132 valence electrons. The Morgan fingerprint density at radius 2 is 1.79 bits per heavy atom. The molecule has 0 aliphatic heterocycles. The van der Waals surface area contributed by atoms with Gasteiger partial charge in [-0.05, 0) is 35.8 Å². The Balaban J connectivity index is 2.10. The van der Waals surface area contributed by atoms with Crippen molar-refractivity contribution >= 4 is 10.8 Å². The molecular weight excluding hydrogens is 296 g/mol. The maximum Gasteiger partial charge on any atom is 0.124 e. The predicted molar refractivity (Wildman–Crippen MR) is 104 cm³/mol. The van der Waals surface area contributed by atoms with Crippen LogP contribution in [-0.4, -0.2) is 37.7 Å². The van der Waals surface area contributed by atoms with Crippen LogP contribution >= 0.6 is 0 Å². The number of rotatable bonds is 10. The fraction of sp³-hybridized carbons (Fsp3) is 0.524. The second kappa shape index (κ2) is 9.65. The van der Waals surface area contributed by atoms with Crippen LogP contribution in [0, 0.1) is 5.92 Å². The monoisotopic (exact) mass is 328 g/mol. The summed E-state index contributed by atoms with van der Waals surface area (Å²) in [6.45, 7) is 14.7. The molecule has 0 atom stereocenters. The van der Waals surface area contributed by atoms with Crippen LogP contribution in [0.3, 0.4) is 0 Å². The summed E-state index contributed by atoms with van der Waals surface area (Å²) in [6.07, 6.45) is 0. The van der Waals surface area contributed by atoms with Crippen molar-refractivity contribution < 1.29 is 4.74 Å². The highest BCUT2D eigenvalue weighted by Crippen LogP contribution is 2.28. The summed E-state index contributed by atoms with van der Waals surface area (Å²) < 4.78 is 6.08. The smallest absolute Gasteiger partial charge is 0.124 e. The first-order chi connectivity index (χ1) is 11.7. The quantitative estimate of drug-likeness (QED) is 0.658. The van der Waals surface area contributed by atoms with Crippen molar-refractivity contribution in [1.82, 2.24) is 10.2 Å². The third-order valence-electron chi connectivity index (χ3n) is 4.37. The molecular formula is C21H32N2O. The topological polar surface area (TPSA) is 24.5 Å². The lowest BCUT2D eigenvalue weighted by molar-refractivity contribution is 0.268. The molecule has 0 aromatic heterocycles. The predicted octanol–water partition coefficient (Wildman–Crippen LogP) is 4.31. The molecule has 0 heterocycles. The molecule has 0 aliphatic carbocycles. The van der Waals surface area contributed by atoms with Gasteiger partial charge in [0.25, 0.3) is 0 Å². The summed E-state index contributed by atoms with van der Waals surface area (Å²) in [5.41, 5.74) is 1.27. The minimum atomic E-state index is 0.528. The Morgan fingerprint density at radius 3 is 2.50 bits per heavy atom. The summed E-state index contributed by atoms with van der Waals surface area (Å²) in [7, 11) is 0. The van der Waals surface area contributed by atoms with E-state index in [0.29, 0.717) is 5.92 Å². The molecule has 0 radical (unpaired) electrons. The van der Waals surface area contributed by atoms with E-state index >= 15 is 0 Å². The minimum absolute atomic E-state index is 0.528. The van der Waals surface area contributed by atoms with E-state index in [2.05, 4.69) is 74.3 Å². The zero-order chi connectivity index (χ0) is 17.4. The number of fused-ring (bicyclic) bond motifs is 1. The fourth-order valence-corrected chi connectivity index (χ4v) is 2.88. The molecule has 0 amide bonds. The standard InChI is InChI=1S/C21H32N2O/c1-5-23(6-2)14-13-22-15-20-19-10-8-7-9-18(19)11-12-21(20)24-16-17(3)4/h7-12,17,22H,5-6,13-16H2,1-4H3. The highest BCUT2D eigenvalue weighted by molar-refractivity contribution is 5.87. The molecule has 0 fully saturated rings. The van der Waals surface area contributed by atoms with Gasteiger partial charge >= 0.3 is 0 Å². The number of benzene rings is 2. The molecule has 3 heteroatoms. The van der Waals surface area contributed by atoms with Crippen molar-refractivity contribution in [3.63, 3.8) is 0 Å². The van der Waals surface area contributed by atoms with Crippen LogP contribution in [0.5, 0.6) is 5.75 Å². The minimum Gasteiger partial charge on any atom is -0.493 e. The largest absolute Gasteiger partial charge is 0.493 e. The highest BCUT2D eigenvalue weighted by atomic mass is 16.5. The molecule has 2 aromatic carbocycles. The summed E-state index contributed by atoms with van der Waals surface area (Å²) in [6, 6.07) is 12.8. The average molecular weight is 329 g/mol. The van der Waals surface area contributed by atoms with Crippen LogP contribution < -0.4 is 10.1 Å². The van der Waals surface area contributed by atoms with Crippen molar-refractivity contribution in [3.8, 4) is 5.75 Å². The first-order valence-electron chi connectivity index (χ1n) is 9.22. The summed E-state index contributed by atoms with van der Waals surface area (Å²) in [5, 5.41) is 6.16. The van der Waals surface area contributed by atoms with E-state index in [0.717, 1.165) is 45.1 Å². The van der Waals surface area contributed by atoms with Gasteiger partial charge in [-0.25, -0.2) is 0 Å². The first-order valence-corrected chi connectivity index (χ1v) is 9.22. The molecule has 0 bridgehead atoms. The lowest BCUT2D eigenvalue weighted by Crippen LogP contribution is -2.31. The van der Waals surface area contributed by atoms with E-state index in [-0.39, 0.29) is 0 Å². The van der Waals surface area contributed by atoms with Gasteiger partial charge in [0.2, 0.25) is 0 Å². The number of likely N-dealkylation sites (N-methyl/N-ethyl adjacent to an activating group) is 1. The molecule has 0 aliphatic rings. The molecule has 24 heavy (non-hydrogen) atoms. The number of nitrogens with one attached hydrogen (secondary N) is 1. The molecule has 0 unspecified atom stereocenters. The Labute approximate surface area is 147 Å². The van der Waals surface area contributed by atoms with Gasteiger partial charge < -0.3 is 15.0 Å². The van der Waals surface area contributed by atoms with Crippen LogP contribution in [0.2, 0.25) is 0 Å². The number of nitrogens with zero attached hydrogens (tertiary/aromatic N) is 1. The first kappa shape index (κ1) is 18.8. The maximum atomic E-state index is 6.08. The number of hydrogen-bond acceptors (Lipinski definition) is 3. The van der Waals surface area contributed by atoms with Crippen molar-refractivity contribution in [2.75, 3.05) is 32.8 Å². The van der Waals surface area contributed by atoms with Crippen molar-refractivity contribution in [1.29, 1.82) is 0 Å².